The molecule has 0 N–H and O–H groups in total. The van der Waals surface area contributed by atoms with Gasteiger partial charge in [0.15, 0.2) is 0 Å². The average Bonchev–Trinajstić information content (AvgIpc) is 2.48. The van der Waals surface area contributed by atoms with Crippen molar-refractivity contribution in [3.63, 3.8) is 0 Å². The Morgan fingerprint density at radius 2 is 1.04 bits per heavy atom. The van der Waals surface area contributed by atoms with Gasteiger partial charge in [-0.1, -0.05) is 6.58 Å². The molecular weight excluding hydrogens is 423 g/mol. The van der Waals surface area contributed by atoms with Crippen LogP contribution in [-0.2, 0) is 9.47 Å². The highest BCUT2D eigenvalue weighted by Crippen LogP contribution is 2.60. The maximum Gasteiger partial charge on any atom is 0.460 e. The van der Waals surface area contributed by atoms with Crippen molar-refractivity contribution in [3.8, 4) is 0 Å². The van der Waals surface area contributed by atoms with Crippen LogP contribution in [0.1, 0.15) is 6.42 Å². The summed E-state index contributed by atoms with van der Waals surface area (Å²) in [5.41, 5.74) is 0. The molecule has 27 heavy (non-hydrogen) atoms. The zero-order valence-corrected chi connectivity index (χ0v) is 12.8. The van der Waals surface area contributed by atoms with Gasteiger partial charge in [-0.2, -0.15) is 57.1 Å². The first-order valence-corrected chi connectivity index (χ1v) is 6.57. The quantitative estimate of drug-likeness (QED) is 0.250. The number of hydrogen-bond acceptors (Lipinski definition) is 2. The minimum Gasteiger partial charge on any atom is -0.499 e. The van der Waals surface area contributed by atoms with Gasteiger partial charge in [-0.25, -0.2) is 0 Å². The van der Waals surface area contributed by atoms with Crippen LogP contribution in [-0.4, -0.2) is 55.6 Å². The Morgan fingerprint density at radius 3 is 1.44 bits per heavy atom. The summed E-state index contributed by atoms with van der Waals surface area (Å²) >= 11 is 0. The minimum absolute atomic E-state index is 0.350. The molecule has 0 aliphatic heterocycles. The second kappa shape index (κ2) is 7.91. The van der Waals surface area contributed by atoms with Crippen molar-refractivity contribution in [1.29, 1.82) is 0 Å². The van der Waals surface area contributed by atoms with Crippen molar-refractivity contribution >= 4 is 0 Å². The number of halogens is 13. The van der Waals surface area contributed by atoms with E-state index in [2.05, 4.69) is 16.1 Å². The lowest BCUT2D eigenvalue weighted by molar-refractivity contribution is -0.440. The number of hydrogen-bond donors (Lipinski definition) is 0. The summed E-state index contributed by atoms with van der Waals surface area (Å²) in [6.07, 6.45) is -8.95. The number of alkyl halides is 13. The molecule has 0 rings (SSSR count). The molecule has 0 saturated carbocycles. The Bertz CT molecular complexity index is 498. The fraction of sp³-hybridized carbons (Fsp3) is 0.833. The third kappa shape index (κ3) is 4.54. The van der Waals surface area contributed by atoms with Crippen LogP contribution < -0.4 is 0 Å². The normalized spacial score (nSPS) is 15.0. The molecule has 0 aromatic rings. The third-order valence-electron chi connectivity index (χ3n) is 3.02. The molecule has 0 aliphatic carbocycles. The Hall–Kier alpha value is -1.41. The summed E-state index contributed by atoms with van der Waals surface area (Å²) in [5.74, 6) is -36.8. The predicted molar refractivity (Wildman–Crippen MR) is 62.4 cm³/mol. The van der Waals surface area contributed by atoms with E-state index in [9.17, 15) is 57.1 Å². The van der Waals surface area contributed by atoms with Crippen molar-refractivity contribution in [2.45, 2.75) is 42.2 Å². The van der Waals surface area contributed by atoms with Crippen LogP contribution in [0.4, 0.5) is 57.1 Å². The highest BCUT2D eigenvalue weighted by Gasteiger charge is 2.90. The van der Waals surface area contributed by atoms with Crippen LogP contribution in [0.25, 0.3) is 0 Å². The predicted octanol–water partition coefficient (Wildman–Crippen LogP) is 5.29. The minimum atomic E-state index is -7.89. The SMILES string of the molecule is C=COCCOCCC(F)(F)C(F)(F)C(F)(F)C(F)(F)C(F)(F)C(F)(F)F. The van der Waals surface area contributed by atoms with Crippen molar-refractivity contribution in [2.75, 3.05) is 19.8 Å². The molecule has 0 heterocycles. The van der Waals surface area contributed by atoms with Gasteiger partial charge in [-0.15, -0.1) is 0 Å². The summed E-state index contributed by atoms with van der Waals surface area (Å²) in [6.45, 7) is 0.674. The highest BCUT2D eigenvalue weighted by atomic mass is 19.4. The Morgan fingerprint density at radius 1 is 0.593 bits per heavy atom. The molecule has 0 amide bonds. The van der Waals surface area contributed by atoms with Crippen LogP contribution in [0.15, 0.2) is 12.8 Å². The van der Waals surface area contributed by atoms with Crippen LogP contribution >= 0.6 is 0 Å². The van der Waals surface area contributed by atoms with E-state index in [-0.39, 0.29) is 6.61 Å². The molecule has 0 saturated heterocycles. The van der Waals surface area contributed by atoms with Gasteiger partial charge in [0.2, 0.25) is 0 Å². The van der Waals surface area contributed by atoms with Gasteiger partial charge in [-0.3, -0.25) is 0 Å². The van der Waals surface area contributed by atoms with E-state index < -0.39 is 55.4 Å². The van der Waals surface area contributed by atoms with Gasteiger partial charge in [0.1, 0.15) is 6.61 Å². The van der Waals surface area contributed by atoms with E-state index in [4.69, 9.17) is 0 Å². The topological polar surface area (TPSA) is 18.5 Å². The first kappa shape index (κ1) is 25.6. The van der Waals surface area contributed by atoms with Crippen LogP contribution in [0, 0.1) is 0 Å². The summed E-state index contributed by atoms with van der Waals surface area (Å²) in [5, 5.41) is 0. The standard InChI is InChI=1S/C12H11F13O2/c1-2-26-5-6-27-4-3-7(13,14)8(15,16)9(17,18)10(19,20)11(21,22)12(23,24)25/h2H,1,3-6H2. The lowest BCUT2D eigenvalue weighted by Crippen LogP contribution is -2.70. The Balaban J connectivity index is 5.52. The molecule has 2 nitrogen and oxygen atoms in total. The zero-order chi connectivity index (χ0) is 21.9. The third-order valence-corrected chi connectivity index (χ3v) is 3.02. The highest BCUT2D eigenvalue weighted by molar-refractivity contribution is 5.10. The molecule has 0 aromatic carbocycles. The van der Waals surface area contributed by atoms with E-state index in [1.54, 1.807) is 0 Å². The first-order chi connectivity index (χ1) is 11.8. The second-order valence-corrected chi connectivity index (χ2v) is 4.90. The van der Waals surface area contributed by atoms with E-state index in [1.807, 2.05) is 0 Å². The molecule has 0 spiro atoms. The molecule has 0 radical (unpaired) electrons. The number of rotatable bonds is 11. The van der Waals surface area contributed by atoms with Gasteiger partial charge in [0.25, 0.3) is 0 Å². The van der Waals surface area contributed by atoms with Crippen molar-refractivity contribution in [1.82, 2.24) is 0 Å². The molecule has 15 heteroatoms. The maximum atomic E-state index is 13.3. The van der Waals surface area contributed by atoms with Crippen LogP contribution in [0.5, 0.6) is 0 Å². The van der Waals surface area contributed by atoms with Crippen molar-refractivity contribution in [3.05, 3.63) is 12.8 Å². The molecule has 0 unspecified atom stereocenters. The van der Waals surface area contributed by atoms with Crippen molar-refractivity contribution in [2.24, 2.45) is 0 Å². The molecular formula is C12H11F13O2. The van der Waals surface area contributed by atoms with E-state index in [0.29, 0.717) is 0 Å². The molecule has 0 aromatic heterocycles. The molecule has 162 valence electrons. The fourth-order valence-electron chi connectivity index (χ4n) is 1.45. The molecule has 0 aliphatic rings. The summed E-state index contributed by atoms with van der Waals surface area (Å²) < 4.78 is 175. The smallest absolute Gasteiger partial charge is 0.460 e. The average molecular weight is 434 g/mol. The Labute approximate surface area is 142 Å². The number of ether oxygens (including phenoxy) is 2. The Kier molecular flexibility index (Phi) is 7.50. The van der Waals surface area contributed by atoms with E-state index >= 15 is 0 Å². The maximum absolute atomic E-state index is 13.3. The van der Waals surface area contributed by atoms with Crippen LogP contribution in [0.3, 0.4) is 0 Å². The van der Waals surface area contributed by atoms with Gasteiger partial charge in [-0.05, 0) is 0 Å². The molecule has 0 atom stereocenters. The van der Waals surface area contributed by atoms with Gasteiger partial charge >= 0.3 is 35.8 Å². The van der Waals surface area contributed by atoms with Crippen LogP contribution in [0.2, 0.25) is 0 Å². The van der Waals surface area contributed by atoms with Gasteiger partial charge < -0.3 is 9.47 Å². The fourth-order valence-corrected chi connectivity index (χ4v) is 1.45. The van der Waals surface area contributed by atoms with Gasteiger partial charge in [0.05, 0.1) is 19.5 Å². The first-order valence-electron chi connectivity index (χ1n) is 6.57. The van der Waals surface area contributed by atoms with Gasteiger partial charge in [0, 0.05) is 6.42 Å². The summed E-state index contributed by atoms with van der Waals surface area (Å²) in [4.78, 5) is 0. The molecule has 0 bridgehead atoms. The van der Waals surface area contributed by atoms with E-state index in [0.717, 1.165) is 6.26 Å². The lowest BCUT2D eigenvalue weighted by atomic mass is 9.93. The summed E-state index contributed by atoms with van der Waals surface area (Å²) in [7, 11) is 0. The summed E-state index contributed by atoms with van der Waals surface area (Å²) in [6, 6.07) is 0. The molecule has 0 fully saturated rings. The van der Waals surface area contributed by atoms with Crippen molar-refractivity contribution < 1.29 is 66.5 Å². The second-order valence-electron chi connectivity index (χ2n) is 4.90. The zero-order valence-electron chi connectivity index (χ0n) is 12.8. The lowest BCUT2D eigenvalue weighted by Gasteiger charge is -2.39. The van der Waals surface area contributed by atoms with E-state index in [1.165, 1.54) is 0 Å². The monoisotopic (exact) mass is 434 g/mol. The largest absolute Gasteiger partial charge is 0.499 e.